The minimum Gasteiger partial charge on any atom is -0.364 e. The summed E-state index contributed by atoms with van der Waals surface area (Å²) in [5.74, 6) is -0.665. The third-order valence-corrected chi connectivity index (χ3v) is 1.95. The summed E-state index contributed by atoms with van der Waals surface area (Å²) in [4.78, 5) is 18.5. The second-order valence-corrected chi connectivity index (χ2v) is 2.97. The number of carbonyl (C=O) groups excluding carboxylic acids is 1. The van der Waals surface area contributed by atoms with E-state index in [1.807, 2.05) is 0 Å². The zero-order valence-electron chi connectivity index (χ0n) is 6.94. The first-order chi connectivity index (χ1) is 6.16. The van der Waals surface area contributed by atoms with Gasteiger partial charge in [-0.2, -0.15) is 0 Å². The molecule has 0 aromatic carbocycles. The molecule has 0 spiro atoms. The van der Waals surface area contributed by atoms with Crippen molar-refractivity contribution in [1.82, 2.24) is 9.97 Å². The molecule has 1 aromatic heterocycles. The van der Waals surface area contributed by atoms with Crippen molar-refractivity contribution in [2.24, 2.45) is 5.73 Å². The van der Waals surface area contributed by atoms with E-state index in [0.717, 1.165) is 0 Å². The van der Waals surface area contributed by atoms with E-state index in [2.05, 4.69) is 9.97 Å². The molecule has 0 aliphatic heterocycles. The largest absolute Gasteiger partial charge is 0.364 e. The molecule has 1 rings (SSSR count). The van der Waals surface area contributed by atoms with Crippen LogP contribution in [0.25, 0.3) is 0 Å². The van der Waals surface area contributed by atoms with E-state index in [1.165, 1.54) is 24.2 Å². The first-order valence-corrected chi connectivity index (χ1v) is 4.63. The zero-order valence-corrected chi connectivity index (χ0v) is 7.76. The number of hydrogen-bond acceptors (Lipinski definition) is 5. The molecule has 0 aliphatic carbocycles. The summed E-state index contributed by atoms with van der Waals surface area (Å²) in [6, 6.07) is 0. The predicted molar refractivity (Wildman–Crippen MR) is 50.9 cm³/mol. The van der Waals surface area contributed by atoms with Crippen molar-refractivity contribution in [3.05, 3.63) is 23.8 Å². The Morgan fingerprint density at radius 3 is 2.46 bits per heavy atom. The van der Waals surface area contributed by atoms with E-state index in [4.69, 9.17) is 11.1 Å². The fraction of sp³-hybridized carbons (Fsp3) is 0.143. The van der Waals surface area contributed by atoms with Crippen LogP contribution in [0.15, 0.2) is 12.4 Å². The summed E-state index contributed by atoms with van der Waals surface area (Å²) in [6.45, 7) is 0. The molecule has 0 bridgehead atoms. The quantitative estimate of drug-likeness (QED) is 0.524. The summed E-state index contributed by atoms with van der Waals surface area (Å²) in [5, 5.41) is 7.65. The number of nitrogens with one attached hydrogen (secondary N) is 1. The lowest BCUT2D eigenvalue weighted by molar-refractivity contribution is 0.0995. The predicted octanol–water partition coefficient (Wildman–Crippen LogP) is 0.264. The minimum atomic E-state index is -0.665. The maximum atomic E-state index is 10.9. The molecule has 0 radical (unpaired) electrons. The molecule has 68 valence electrons. The highest BCUT2D eigenvalue weighted by molar-refractivity contribution is 8.13. The molecule has 0 unspecified atom stereocenters. The van der Waals surface area contributed by atoms with Crippen molar-refractivity contribution in [1.29, 1.82) is 5.41 Å². The van der Waals surface area contributed by atoms with Crippen molar-refractivity contribution in [3.8, 4) is 0 Å². The Morgan fingerprint density at radius 1 is 1.46 bits per heavy atom. The second-order valence-electron chi connectivity index (χ2n) is 2.15. The van der Waals surface area contributed by atoms with Gasteiger partial charge in [0.05, 0.1) is 0 Å². The Labute approximate surface area is 79.3 Å². The highest BCUT2D eigenvalue weighted by atomic mass is 32.2. The van der Waals surface area contributed by atoms with Crippen molar-refractivity contribution in [3.63, 3.8) is 0 Å². The average molecular weight is 196 g/mol. The number of rotatable bonds is 2. The summed E-state index contributed by atoms with van der Waals surface area (Å²) in [5.41, 5.74) is 5.34. The SMILES string of the molecule is CSC(=N)c1nccnc1C(N)=O. The molecule has 1 heterocycles. The number of carbonyl (C=O) groups is 1. The van der Waals surface area contributed by atoms with Crippen LogP contribution in [0.5, 0.6) is 0 Å². The first kappa shape index (κ1) is 9.66. The fourth-order valence-corrected chi connectivity index (χ4v) is 1.12. The fourth-order valence-electron chi connectivity index (χ4n) is 0.781. The van der Waals surface area contributed by atoms with Gasteiger partial charge in [0.1, 0.15) is 10.7 Å². The molecular weight excluding hydrogens is 188 g/mol. The number of thioether (sulfide) groups is 1. The Morgan fingerprint density at radius 2 is 2.00 bits per heavy atom. The van der Waals surface area contributed by atoms with Crippen LogP contribution < -0.4 is 5.73 Å². The molecule has 0 saturated carbocycles. The number of nitrogens with zero attached hydrogens (tertiary/aromatic N) is 2. The standard InChI is InChI=1S/C7H8N4OS/c1-13-7(9)5-4(6(8)12)10-2-3-11-5/h2-3,9H,1H3,(H2,8,12). The van der Waals surface area contributed by atoms with Crippen LogP contribution in [0, 0.1) is 5.41 Å². The molecule has 6 heteroatoms. The lowest BCUT2D eigenvalue weighted by Gasteiger charge is -2.02. The topological polar surface area (TPSA) is 92.7 Å². The Bertz CT molecular complexity index is 352. The lowest BCUT2D eigenvalue weighted by atomic mass is 10.3. The van der Waals surface area contributed by atoms with Gasteiger partial charge in [0.25, 0.3) is 5.91 Å². The molecule has 0 fully saturated rings. The summed E-state index contributed by atoms with van der Waals surface area (Å²) in [6.07, 6.45) is 4.52. The van der Waals surface area contributed by atoms with Crippen molar-refractivity contribution in [2.45, 2.75) is 0 Å². The first-order valence-electron chi connectivity index (χ1n) is 3.40. The van der Waals surface area contributed by atoms with E-state index >= 15 is 0 Å². The van der Waals surface area contributed by atoms with Gasteiger partial charge < -0.3 is 5.73 Å². The van der Waals surface area contributed by atoms with Gasteiger partial charge in [-0.25, -0.2) is 9.97 Å². The van der Waals surface area contributed by atoms with Crippen molar-refractivity contribution in [2.75, 3.05) is 6.26 Å². The van der Waals surface area contributed by atoms with Gasteiger partial charge in [-0.15, -0.1) is 11.8 Å². The third-order valence-electron chi connectivity index (χ3n) is 1.35. The molecule has 0 aliphatic rings. The molecule has 1 amide bonds. The van der Waals surface area contributed by atoms with E-state index in [0.29, 0.717) is 0 Å². The summed E-state index contributed by atoms with van der Waals surface area (Å²) < 4.78 is 0. The van der Waals surface area contributed by atoms with Crippen LogP contribution in [-0.4, -0.2) is 27.2 Å². The van der Waals surface area contributed by atoms with Crippen LogP contribution in [-0.2, 0) is 0 Å². The van der Waals surface area contributed by atoms with Gasteiger partial charge in [-0.05, 0) is 6.26 Å². The van der Waals surface area contributed by atoms with Crippen molar-refractivity contribution < 1.29 is 4.79 Å². The van der Waals surface area contributed by atoms with Gasteiger partial charge in [0.15, 0.2) is 5.69 Å². The molecule has 5 nitrogen and oxygen atoms in total. The summed E-state index contributed by atoms with van der Waals surface area (Å²) in [7, 11) is 0. The van der Waals surface area contributed by atoms with E-state index < -0.39 is 5.91 Å². The molecule has 3 N–H and O–H groups in total. The van der Waals surface area contributed by atoms with Crippen LogP contribution in [0.2, 0.25) is 0 Å². The van der Waals surface area contributed by atoms with Gasteiger partial charge in [-0.3, -0.25) is 10.2 Å². The lowest BCUT2D eigenvalue weighted by Crippen LogP contribution is -2.18. The number of hydrogen-bond donors (Lipinski definition) is 2. The molecule has 1 aromatic rings. The zero-order chi connectivity index (χ0) is 9.84. The van der Waals surface area contributed by atoms with Gasteiger partial charge >= 0.3 is 0 Å². The molecular formula is C7H8N4OS. The highest BCUT2D eigenvalue weighted by Crippen LogP contribution is 2.08. The number of nitrogens with two attached hydrogens (primary N) is 1. The number of primary amides is 1. The Balaban J connectivity index is 3.19. The number of aromatic nitrogens is 2. The van der Waals surface area contributed by atoms with Gasteiger partial charge in [0.2, 0.25) is 0 Å². The monoisotopic (exact) mass is 196 g/mol. The molecule has 0 saturated heterocycles. The van der Waals surface area contributed by atoms with Crippen molar-refractivity contribution >= 4 is 22.7 Å². The van der Waals surface area contributed by atoms with E-state index in [-0.39, 0.29) is 16.4 Å². The molecule has 0 atom stereocenters. The average Bonchev–Trinajstić information content (AvgIpc) is 2.16. The maximum Gasteiger partial charge on any atom is 0.269 e. The number of amides is 1. The van der Waals surface area contributed by atoms with E-state index in [9.17, 15) is 4.79 Å². The maximum absolute atomic E-state index is 10.9. The molecule has 13 heavy (non-hydrogen) atoms. The minimum absolute atomic E-state index is 0.0434. The smallest absolute Gasteiger partial charge is 0.269 e. The Hall–Kier alpha value is -1.43. The van der Waals surface area contributed by atoms with Crippen LogP contribution in [0.1, 0.15) is 16.2 Å². The van der Waals surface area contributed by atoms with Crippen LogP contribution in [0.4, 0.5) is 0 Å². The highest BCUT2D eigenvalue weighted by Gasteiger charge is 2.13. The third kappa shape index (κ3) is 2.03. The normalized spacial score (nSPS) is 9.62. The van der Waals surface area contributed by atoms with Crippen LogP contribution >= 0.6 is 11.8 Å². The van der Waals surface area contributed by atoms with Crippen LogP contribution in [0.3, 0.4) is 0 Å². The summed E-state index contributed by atoms with van der Waals surface area (Å²) >= 11 is 1.18. The van der Waals surface area contributed by atoms with E-state index in [1.54, 1.807) is 6.26 Å². The van der Waals surface area contributed by atoms with Gasteiger partial charge in [-0.1, -0.05) is 0 Å². The second kappa shape index (κ2) is 3.99. The Kier molecular flexibility index (Phi) is 2.97. The van der Waals surface area contributed by atoms with Gasteiger partial charge in [0, 0.05) is 12.4 Å².